The summed E-state index contributed by atoms with van der Waals surface area (Å²) in [5.41, 5.74) is 5.46. The number of benzene rings is 2. The summed E-state index contributed by atoms with van der Waals surface area (Å²) < 4.78 is 8.19. The quantitative estimate of drug-likeness (QED) is 0.514. The zero-order valence-electron chi connectivity index (χ0n) is 17.4. The first-order valence-electron chi connectivity index (χ1n) is 11.1. The minimum Gasteiger partial charge on any atom is -0.371 e. The first-order chi connectivity index (χ1) is 15.3. The van der Waals surface area contributed by atoms with E-state index in [1.807, 2.05) is 18.5 Å². The highest BCUT2D eigenvalue weighted by Crippen LogP contribution is 2.32. The molecule has 0 radical (unpaired) electrons. The van der Waals surface area contributed by atoms with Gasteiger partial charge in [-0.2, -0.15) is 0 Å². The van der Waals surface area contributed by atoms with Gasteiger partial charge in [-0.1, -0.05) is 49.2 Å². The van der Waals surface area contributed by atoms with E-state index in [1.54, 1.807) is 0 Å². The molecule has 0 bridgehead atoms. The number of nitrogens with one attached hydrogen (secondary N) is 1. The molecule has 3 heterocycles. The first-order valence-corrected chi connectivity index (χ1v) is 11.1. The molecule has 2 aromatic heterocycles. The van der Waals surface area contributed by atoms with Crippen molar-refractivity contribution in [2.45, 2.75) is 44.4 Å². The molecule has 1 atom stereocenters. The summed E-state index contributed by atoms with van der Waals surface area (Å²) in [6.07, 6.45) is 8.83. The molecular weight excluding hydrogens is 386 g/mol. The standard InChI is InChI=1S/C25H25N5O/c1-2-6-17(7-3-1)23-15-31-16-24-29-21-11-10-18(12-22(21)30(23)24)19-13-26-25(27-14-19)28-20-8-4-5-9-20/h1-3,6-7,10-14,20,23H,4-5,8-9,15-16H2,(H,26,27,28). The summed E-state index contributed by atoms with van der Waals surface area (Å²) in [5.74, 6) is 1.69. The van der Waals surface area contributed by atoms with Crippen LogP contribution in [0.15, 0.2) is 60.9 Å². The van der Waals surface area contributed by atoms with E-state index >= 15 is 0 Å². The van der Waals surface area contributed by atoms with Crippen molar-refractivity contribution in [3.63, 3.8) is 0 Å². The Morgan fingerprint density at radius 1 is 0.935 bits per heavy atom. The number of hydrogen-bond acceptors (Lipinski definition) is 5. The van der Waals surface area contributed by atoms with Gasteiger partial charge in [-0.15, -0.1) is 0 Å². The lowest BCUT2D eigenvalue weighted by Gasteiger charge is -2.26. The Bertz CT molecular complexity index is 1200. The maximum Gasteiger partial charge on any atom is 0.222 e. The fourth-order valence-electron chi connectivity index (χ4n) is 4.83. The Morgan fingerprint density at radius 3 is 2.55 bits per heavy atom. The van der Waals surface area contributed by atoms with Crippen LogP contribution in [0.3, 0.4) is 0 Å². The van der Waals surface area contributed by atoms with Gasteiger partial charge in [-0.25, -0.2) is 15.0 Å². The van der Waals surface area contributed by atoms with Crippen molar-refractivity contribution in [1.29, 1.82) is 0 Å². The van der Waals surface area contributed by atoms with Crippen LogP contribution in [0.2, 0.25) is 0 Å². The second kappa shape index (κ2) is 7.78. The molecule has 6 heteroatoms. The Kier molecular flexibility index (Phi) is 4.65. The second-order valence-corrected chi connectivity index (χ2v) is 8.46. The van der Waals surface area contributed by atoms with Gasteiger partial charge in [0.15, 0.2) is 0 Å². The van der Waals surface area contributed by atoms with E-state index in [0.717, 1.165) is 33.9 Å². The average molecular weight is 412 g/mol. The van der Waals surface area contributed by atoms with Crippen LogP contribution in [0, 0.1) is 0 Å². The molecule has 1 fully saturated rings. The molecule has 156 valence electrons. The molecule has 0 saturated heterocycles. The van der Waals surface area contributed by atoms with E-state index in [9.17, 15) is 0 Å². The van der Waals surface area contributed by atoms with Crippen molar-refractivity contribution in [3.8, 4) is 11.1 Å². The molecule has 4 aromatic rings. The van der Waals surface area contributed by atoms with Crippen LogP contribution in [-0.2, 0) is 11.3 Å². The van der Waals surface area contributed by atoms with Gasteiger partial charge in [0.05, 0.1) is 23.7 Å². The fraction of sp³-hybridized carbons (Fsp3) is 0.320. The van der Waals surface area contributed by atoms with E-state index in [2.05, 4.69) is 62.3 Å². The largest absolute Gasteiger partial charge is 0.371 e. The number of rotatable bonds is 4. The van der Waals surface area contributed by atoms with Gasteiger partial charge < -0.3 is 14.6 Å². The highest BCUT2D eigenvalue weighted by Gasteiger charge is 2.25. The molecule has 6 nitrogen and oxygen atoms in total. The Hall–Kier alpha value is -3.25. The number of ether oxygens (including phenoxy) is 1. The maximum absolute atomic E-state index is 5.86. The molecule has 31 heavy (non-hydrogen) atoms. The molecular formula is C25H25N5O. The fourth-order valence-corrected chi connectivity index (χ4v) is 4.83. The second-order valence-electron chi connectivity index (χ2n) is 8.46. The number of fused-ring (bicyclic) bond motifs is 3. The van der Waals surface area contributed by atoms with Crippen molar-refractivity contribution in [2.75, 3.05) is 11.9 Å². The smallest absolute Gasteiger partial charge is 0.222 e. The number of imidazole rings is 1. The topological polar surface area (TPSA) is 64.9 Å². The van der Waals surface area contributed by atoms with E-state index in [0.29, 0.717) is 19.3 Å². The van der Waals surface area contributed by atoms with Gasteiger partial charge in [-0.3, -0.25) is 0 Å². The Labute approximate surface area is 181 Å². The molecule has 6 rings (SSSR count). The van der Waals surface area contributed by atoms with Crippen LogP contribution < -0.4 is 5.32 Å². The van der Waals surface area contributed by atoms with Crippen LogP contribution in [0.1, 0.15) is 43.1 Å². The number of anilines is 1. The predicted molar refractivity (Wildman–Crippen MR) is 121 cm³/mol. The zero-order valence-corrected chi connectivity index (χ0v) is 17.4. The lowest BCUT2D eigenvalue weighted by atomic mass is 10.1. The summed E-state index contributed by atoms with van der Waals surface area (Å²) in [6.45, 7) is 1.19. The average Bonchev–Trinajstić information content (AvgIpc) is 3.47. The summed E-state index contributed by atoms with van der Waals surface area (Å²) in [5, 5.41) is 3.46. The van der Waals surface area contributed by atoms with Crippen LogP contribution in [0.25, 0.3) is 22.2 Å². The first kappa shape index (κ1) is 18.5. The number of nitrogens with zero attached hydrogens (tertiary/aromatic N) is 4. The minimum absolute atomic E-state index is 0.124. The van der Waals surface area contributed by atoms with Gasteiger partial charge in [0, 0.05) is 24.0 Å². The van der Waals surface area contributed by atoms with Gasteiger partial charge in [0.1, 0.15) is 12.4 Å². The van der Waals surface area contributed by atoms with Crippen LogP contribution in [0.4, 0.5) is 5.95 Å². The SMILES string of the molecule is c1ccc(C2COCc3nc4ccc(-c5cnc(NC6CCCC6)nc5)cc4n32)cc1. The number of hydrogen-bond donors (Lipinski definition) is 1. The molecule has 1 aliphatic carbocycles. The molecule has 2 aliphatic rings. The van der Waals surface area contributed by atoms with Crippen molar-refractivity contribution in [1.82, 2.24) is 19.5 Å². The van der Waals surface area contributed by atoms with Gasteiger partial charge in [0.25, 0.3) is 0 Å². The highest BCUT2D eigenvalue weighted by atomic mass is 16.5. The van der Waals surface area contributed by atoms with E-state index in [1.165, 1.54) is 31.2 Å². The monoisotopic (exact) mass is 411 g/mol. The molecule has 1 aliphatic heterocycles. The Balaban J connectivity index is 1.35. The third-order valence-electron chi connectivity index (χ3n) is 6.44. The van der Waals surface area contributed by atoms with Gasteiger partial charge in [0.2, 0.25) is 5.95 Å². The summed E-state index contributed by atoms with van der Waals surface area (Å²) >= 11 is 0. The van der Waals surface area contributed by atoms with Crippen molar-refractivity contribution >= 4 is 17.0 Å². The van der Waals surface area contributed by atoms with Crippen LogP contribution in [0.5, 0.6) is 0 Å². The van der Waals surface area contributed by atoms with E-state index in [-0.39, 0.29) is 6.04 Å². The summed E-state index contributed by atoms with van der Waals surface area (Å²) in [4.78, 5) is 14.0. The maximum atomic E-state index is 5.86. The normalized spacial score (nSPS) is 18.9. The molecule has 1 saturated carbocycles. The molecule has 0 spiro atoms. The molecule has 1 unspecified atom stereocenters. The van der Waals surface area contributed by atoms with Crippen LogP contribution >= 0.6 is 0 Å². The summed E-state index contributed by atoms with van der Waals surface area (Å²) in [6, 6.07) is 17.5. The summed E-state index contributed by atoms with van der Waals surface area (Å²) in [7, 11) is 0. The van der Waals surface area contributed by atoms with E-state index < -0.39 is 0 Å². The van der Waals surface area contributed by atoms with Crippen molar-refractivity contribution in [3.05, 3.63) is 72.3 Å². The minimum atomic E-state index is 0.124. The molecule has 2 aromatic carbocycles. The van der Waals surface area contributed by atoms with E-state index in [4.69, 9.17) is 9.72 Å². The lowest BCUT2D eigenvalue weighted by Crippen LogP contribution is -2.24. The third kappa shape index (κ3) is 3.47. The predicted octanol–water partition coefficient (Wildman–Crippen LogP) is 4.97. The van der Waals surface area contributed by atoms with Gasteiger partial charge >= 0.3 is 0 Å². The highest BCUT2D eigenvalue weighted by molar-refractivity contribution is 5.83. The van der Waals surface area contributed by atoms with Crippen molar-refractivity contribution in [2.24, 2.45) is 0 Å². The lowest BCUT2D eigenvalue weighted by molar-refractivity contribution is 0.0679. The number of aromatic nitrogens is 4. The zero-order chi connectivity index (χ0) is 20.6. The van der Waals surface area contributed by atoms with Crippen LogP contribution in [-0.4, -0.2) is 32.2 Å². The van der Waals surface area contributed by atoms with Gasteiger partial charge in [-0.05, 0) is 36.1 Å². The molecule has 0 amide bonds. The third-order valence-corrected chi connectivity index (χ3v) is 6.44. The molecule has 1 N–H and O–H groups in total. The van der Waals surface area contributed by atoms with Crippen molar-refractivity contribution < 1.29 is 4.74 Å². The Morgan fingerprint density at radius 2 is 1.74 bits per heavy atom.